The van der Waals surface area contributed by atoms with Crippen LogP contribution in [0.1, 0.15) is 6.42 Å². The smallest absolute Gasteiger partial charge is 0.0657 e. The van der Waals surface area contributed by atoms with E-state index in [9.17, 15) is 0 Å². The Morgan fingerprint density at radius 2 is 2.33 bits per heavy atom. The molecule has 1 aliphatic rings. The molecule has 1 aliphatic carbocycles. The minimum absolute atomic E-state index is 0.634. The third kappa shape index (κ3) is 0.727. The Labute approximate surface area is 45.1 Å². The normalized spacial score (nSPS) is 42.8. The molecular formula is C4H7BS. The average molecular weight is 98.0 g/mol. The van der Waals surface area contributed by atoms with Gasteiger partial charge in [-0.05, 0) is 12.3 Å². The van der Waals surface area contributed by atoms with Gasteiger partial charge in [-0.1, -0.05) is 6.32 Å². The molecule has 32 valence electrons. The van der Waals surface area contributed by atoms with Crippen molar-refractivity contribution in [3.05, 3.63) is 0 Å². The van der Waals surface area contributed by atoms with E-state index in [-0.39, 0.29) is 0 Å². The van der Waals surface area contributed by atoms with E-state index in [0.717, 1.165) is 12.2 Å². The van der Waals surface area contributed by atoms with E-state index in [2.05, 4.69) is 12.6 Å². The standard InChI is InChI=1S/C4H7BS/c5-2-3-1-4(3)6/h3-4,6H,1-2H2. The molecule has 0 aromatic carbocycles. The quantitative estimate of drug-likeness (QED) is 0.365. The van der Waals surface area contributed by atoms with Gasteiger partial charge in [-0.25, -0.2) is 0 Å². The van der Waals surface area contributed by atoms with Gasteiger partial charge >= 0.3 is 0 Å². The number of rotatable bonds is 1. The van der Waals surface area contributed by atoms with E-state index in [1.807, 2.05) is 0 Å². The van der Waals surface area contributed by atoms with Crippen LogP contribution in [0.3, 0.4) is 0 Å². The first-order valence-corrected chi connectivity index (χ1v) is 2.74. The summed E-state index contributed by atoms with van der Waals surface area (Å²) in [4.78, 5) is 0. The molecule has 1 saturated carbocycles. The molecular weight excluding hydrogens is 90.9 g/mol. The van der Waals surface area contributed by atoms with Crippen molar-refractivity contribution in [2.75, 3.05) is 0 Å². The first-order chi connectivity index (χ1) is 2.84. The van der Waals surface area contributed by atoms with E-state index in [4.69, 9.17) is 7.85 Å². The predicted molar refractivity (Wildman–Crippen MR) is 31.4 cm³/mol. The summed E-state index contributed by atoms with van der Waals surface area (Å²) in [6.07, 6.45) is 2.06. The summed E-state index contributed by atoms with van der Waals surface area (Å²) in [5.41, 5.74) is 0. The summed E-state index contributed by atoms with van der Waals surface area (Å²) in [6.45, 7) is 0. The molecule has 2 radical (unpaired) electrons. The molecule has 0 aliphatic heterocycles. The van der Waals surface area contributed by atoms with E-state index < -0.39 is 0 Å². The van der Waals surface area contributed by atoms with E-state index in [1.54, 1.807) is 0 Å². The summed E-state index contributed by atoms with van der Waals surface area (Å²) in [7, 11) is 5.28. The van der Waals surface area contributed by atoms with Crippen molar-refractivity contribution in [2.45, 2.75) is 18.0 Å². The molecule has 0 spiro atoms. The van der Waals surface area contributed by atoms with Gasteiger partial charge < -0.3 is 0 Å². The van der Waals surface area contributed by atoms with Crippen molar-refractivity contribution in [1.82, 2.24) is 0 Å². The van der Waals surface area contributed by atoms with Gasteiger partial charge in [0.15, 0.2) is 0 Å². The molecule has 1 fully saturated rings. The van der Waals surface area contributed by atoms with Crippen molar-refractivity contribution in [3.63, 3.8) is 0 Å². The summed E-state index contributed by atoms with van der Waals surface area (Å²) in [6, 6.07) is 0. The van der Waals surface area contributed by atoms with Crippen molar-refractivity contribution in [2.24, 2.45) is 5.92 Å². The Balaban J connectivity index is 2.09. The molecule has 6 heavy (non-hydrogen) atoms. The zero-order chi connectivity index (χ0) is 4.57. The first kappa shape index (κ1) is 4.57. The van der Waals surface area contributed by atoms with Crippen LogP contribution < -0.4 is 0 Å². The molecule has 0 heterocycles. The Morgan fingerprint density at radius 3 is 2.33 bits per heavy atom. The fourth-order valence-electron chi connectivity index (χ4n) is 0.485. The van der Waals surface area contributed by atoms with Crippen LogP contribution in [-0.4, -0.2) is 13.1 Å². The van der Waals surface area contributed by atoms with Crippen LogP contribution in [-0.2, 0) is 0 Å². The second-order valence-corrected chi connectivity index (χ2v) is 2.46. The second-order valence-electron chi connectivity index (χ2n) is 1.80. The lowest BCUT2D eigenvalue weighted by atomic mass is 10.0. The highest BCUT2D eigenvalue weighted by Gasteiger charge is 2.30. The Hall–Kier alpha value is 0.415. The molecule has 0 N–H and O–H groups in total. The number of thiol groups is 1. The van der Waals surface area contributed by atoms with Crippen LogP contribution in [0.5, 0.6) is 0 Å². The van der Waals surface area contributed by atoms with Gasteiger partial charge in [-0.15, -0.1) is 0 Å². The van der Waals surface area contributed by atoms with Gasteiger partial charge in [0.2, 0.25) is 0 Å². The highest BCUT2D eigenvalue weighted by molar-refractivity contribution is 7.81. The molecule has 2 atom stereocenters. The molecule has 1 rings (SSSR count). The van der Waals surface area contributed by atoms with Gasteiger partial charge in [0.25, 0.3) is 0 Å². The largest absolute Gasteiger partial charge is 0.176 e. The zero-order valence-electron chi connectivity index (χ0n) is 3.59. The van der Waals surface area contributed by atoms with E-state index in [1.165, 1.54) is 6.42 Å². The monoisotopic (exact) mass is 98.0 g/mol. The van der Waals surface area contributed by atoms with Gasteiger partial charge in [0.1, 0.15) is 0 Å². The van der Waals surface area contributed by atoms with Crippen LogP contribution in [0.15, 0.2) is 0 Å². The van der Waals surface area contributed by atoms with E-state index >= 15 is 0 Å². The fraction of sp³-hybridized carbons (Fsp3) is 1.00. The predicted octanol–water partition coefficient (Wildman–Crippen LogP) is 0.891. The highest BCUT2D eigenvalue weighted by Crippen LogP contribution is 2.37. The molecule has 0 nitrogen and oxygen atoms in total. The molecule has 0 aromatic heterocycles. The Morgan fingerprint density at radius 1 is 1.83 bits per heavy atom. The third-order valence-corrected chi connectivity index (χ3v) is 1.82. The van der Waals surface area contributed by atoms with Crippen molar-refractivity contribution >= 4 is 20.5 Å². The lowest BCUT2D eigenvalue weighted by Crippen LogP contribution is -1.73. The second kappa shape index (κ2) is 1.49. The van der Waals surface area contributed by atoms with Crippen molar-refractivity contribution in [3.8, 4) is 0 Å². The Kier molecular flexibility index (Phi) is 1.14. The highest BCUT2D eigenvalue weighted by atomic mass is 32.1. The van der Waals surface area contributed by atoms with Crippen LogP contribution in [0.2, 0.25) is 6.32 Å². The third-order valence-electron chi connectivity index (χ3n) is 1.19. The molecule has 0 saturated heterocycles. The van der Waals surface area contributed by atoms with E-state index in [0.29, 0.717) is 5.25 Å². The lowest BCUT2D eigenvalue weighted by molar-refractivity contribution is 0.984. The zero-order valence-corrected chi connectivity index (χ0v) is 4.49. The summed E-state index contributed by atoms with van der Waals surface area (Å²) in [5, 5.41) is 0.634. The van der Waals surface area contributed by atoms with Crippen LogP contribution in [0.4, 0.5) is 0 Å². The van der Waals surface area contributed by atoms with Gasteiger partial charge in [-0.2, -0.15) is 12.6 Å². The van der Waals surface area contributed by atoms with Crippen LogP contribution in [0.25, 0.3) is 0 Å². The topological polar surface area (TPSA) is 0 Å². The molecule has 0 amide bonds. The first-order valence-electron chi connectivity index (χ1n) is 2.22. The summed E-state index contributed by atoms with van der Waals surface area (Å²) >= 11 is 4.17. The van der Waals surface area contributed by atoms with Gasteiger partial charge in [0, 0.05) is 5.25 Å². The van der Waals surface area contributed by atoms with Crippen LogP contribution in [0, 0.1) is 5.92 Å². The number of hydrogen-bond acceptors (Lipinski definition) is 1. The lowest BCUT2D eigenvalue weighted by Gasteiger charge is -1.78. The average Bonchev–Trinajstić information content (AvgIpc) is 2.19. The summed E-state index contributed by atoms with van der Waals surface area (Å²) in [5.74, 6) is 0.744. The fourth-order valence-corrected chi connectivity index (χ4v) is 0.877. The minimum atomic E-state index is 0.634. The van der Waals surface area contributed by atoms with Gasteiger partial charge in [0.05, 0.1) is 7.85 Å². The maximum atomic E-state index is 5.28. The molecule has 0 bridgehead atoms. The Bertz CT molecular complexity index is 53.5. The molecule has 2 unspecified atom stereocenters. The SMILES string of the molecule is [B]CC1CC1S. The maximum absolute atomic E-state index is 5.28. The van der Waals surface area contributed by atoms with Crippen molar-refractivity contribution in [1.29, 1.82) is 0 Å². The van der Waals surface area contributed by atoms with Gasteiger partial charge in [-0.3, -0.25) is 0 Å². The number of hydrogen-bond donors (Lipinski definition) is 1. The van der Waals surface area contributed by atoms with Crippen molar-refractivity contribution < 1.29 is 0 Å². The summed E-state index contributed by atoms with van der Waals surface area (Å²) < 4.78 is 0. The van der Waals surface area contributed by atoms with Crippen LogP contribution >= 0.6 is 12.6 Å². The molecule has 2 heteroatoms. The maximum Gasteiger partial charge on any atom is 0.0657 e. The minimum Gasteiger partial charge on any atom is -0.176 e. The molecule has 0 aromatic rings.